The van der Waals surface area contributed by atoms with Crippen LogP contribution in [0.1, 0.15) is 50.3 Å². The van der Waals surface area contributed by atoms with Gasteiger partial charge in [0.2, 0.25) is 0 Å². The van der Waals surface area contributed by atoms with Crippen molar-refractivity contribution in [2.45, 2.75) is 57.6 Å². The van der Waals surface area contributed by atoms with Crippen molar-refractivity contribution in [3.8, 4) is 0 Å². The fourth-order valence-electron chi connectivity index (χ4n) is 3.92. The van der Waals surface area contributed by atoms with Gasteiger partial charge in [0, 0.05) is 42.5 Å². The molecule has 1 aromatic rings. The Morgan fingerprint density at radius 1 is 1.50 bits per heavy atom. The van der Waals surface area contributed by atoms with E-state index in [0.29, 0.717) is 23.5 Å². The number of hydrogen-bond acceptors (Lipinski definition) is 3. The first-order valence-electron chi connectivity index (χ1n) is 8.81. The van der Waals surface area contributed by atoms with Crippen LogP contribution in [0.4, 0.5) is 0 Å². The van der Waals surface area contributed by atoms with Crippen molar-refractivity contribution in [2.75, 3.05) is 20.2 Å². The zero-order chi connectivity index (χ0) is 16.3. The summed E-state index contributed by atoms with van der Waals surface area (Å²) < 4.78 is 5.93. The van der Waals surface area contributed by atoms with Crippen molar-refractivity contribution in [1.29, 1.82) is 0 Å². The summed E-state index contributed by atoms with van der Waals surface area (Å²) in [5.41, 5.74) is 0.368. The number of nitrogens with zero attached hydrogens (tertiary/aromatic N) is 1. The standard InChI is InChI=1S/C18H29N3OS.HI/c1-4-22-16-11-15(18(16)8-6-9-18)21-17(19-3)20-12-13(2)14-7-5-10-23-14;/h5,7,10,13,15-16H,4,6,8-9,11-12H2,1-3H3,(H2,19,20,21);1H. The van der Waals surface area contributed by atoms with Gasteiger partial charge in [-0.05, 0) is 37.6 Å². The van der Waals surface area contributed by atoms with E-state index in [0.717, 1.165) is 25.5 Å². The summed E-state index contributed by atoms with van der Waals surface area (Å²) in [5, 5.41) is 9.28. The quantitative estimate of drug-likeness (QED) is 0.381. The van der Waals surface area contributed by atoms with Gasteiger partial charge in [-0.2, -0.15) is 0 Å². The number of ether oxygens (including phenoxy) is 1. The molecule has 24 heavy (non-hydrogen) atoms. The first-order chi connectivity index (χ1) is 11.2. The van der Waals surface area contributed by atoms with Gasteiger partial charge in [-0.3, -0.25) is 4.99 Å². The maximum Gasteiger partial charge on any atom is 0.191 e. The van der Waals surface area contributed by atoms with Crippen LogP contribution >= 0.6 is 35.3 Å². The molecular weight excluding hydrogens is 433 g/mol. The number of guanidine groups is 1. The highest BCUT2D eigenvalue weighted by atomic mass is 127. The average molecular weight is 463 g/mol. The van der Waals surface area contributed by atoms with E-state index in [1.165, 1.54) is 24.1 Å². The Morgan fingerprint density at radius 3 is 2.83 bits per heavy atom. The van der Waals surface area contributed by atoms with Crippen LogP contribution in [0, 0.1) is 5.41 Å². The van der Waals surface area contributed by atoms with Gasteiger partial charge in [-0.1, -0.05) is 19.4 Å². The normalized spacial score (nSPS) is 26.0. The largest absolute Gasteiger partial charge is 0.378 e. The monoisotopic (exact) mass is 463 g/mol. The third kappa shape index (κ3) is 3.90. The summed E-state index contributed by atoms with van der Waals surface area (Å²) >= 11 is 1.82. The highest BCUT2D eigenvalue weighted by Crippen LogP contribution is 2.57. The van der Waals surface area contributed by atoms with Crippen LogP contribution < -0.4 is 10.6 Å². The topological polar surface area (TPSA) is 45.6 Å². The molecule has 0 amide bonds. The molecular formula is C18H30IN3OS. The first-order valence-corrected chi connectivity index (χ1v) is 9.69. The molecule has 2 fully saturated rings. The Bertz CT molecular complexity index is 530. The first kappa shape index (κ1) is 20.0. The van der Waals surface area contributed by atoms with Crippen molar-refractivity contribution in [1.82, 2.24) is 10.6 Å². The predicted molar refractivity (Wildman–Crippen MR) is 113 cm³/mol. The van der Waals surface area contributed by atoms with Crippen molar-refractivity contribution in [3.63, 3.8) is 0 Å². The fraction of sp³-hybridized carbons (Fsp3) is 0.722. The molecule has 4 nitrogen and oxygen atoms in total. The average Bonchev–Trinajstić information content (AvgIpc) is 3.01. The van der Waals surface area contributed by atoms with Gasteiger partial charge in [0.1, 0.15) is 0 Å². The third-order valence-electron chi connectivity index (χ3n) is 5.58. The zero-order valence-electron chi connectivity index (χ0n) is 14.9. The molecule has 3 rings (SSSR count). The molecule has 0 bridgehead atoms. The van der Waals surface area contributed by atoms with E-state index in [-0.39, 0.29) is 24.0 Å². The highest BCUT2D eigenvalue weighted by molar-refractivity contribution is 14.0. The van der Waals surface area contributed by atoms with Crippen molar-refractivity contribution < 1.29 is 4.74 Å². The minimum atomic E-state index is 0. The molecule has 2 aliphatic carbocycles. The van der Waals surface area contributed by atoms with E-state index in [9.17, 15) is 0 Å². The predicted octanol–water partition coefficient (Wildman–Crippen LogP) is 3.98. The van der Waals surface area contributed by atoms with E-state index in [4.69, 9.17) is 4.74 Å². The van der Waals surface area contributed by atoms with Gasteiger partial charge in [-0.15, -0.1) is 35.3 Å². The van der Waals surface area contributed by atoms with E-state index in [1.807, 2.05) is 18.4 Å². The number of halogens is 1. The van der Waals surface area contributed by atoms with E-state index >= 15 is 0 Å². The number of thiophene rings is 1. The number of rotatable bonds is 6. The lowest BCUT2D eigenvalue weighted by molar-refractivity contribution is -0.168. The van der Waals surface area contributed by atoms with Crippen LogP contribution in [-0.4, -0.2) is 38.3 Å². The van der Waals surface area contributed by atoms with Crippen molar-refractivity contribution >= 4 is 41.3 Å². The van der Waals surface area contributed by atoms with Gasteiger partial charge >= 0.3 is 0 Å². The lowest BCUT2D eigenvalue weighted by atomic mass is 9.51. The Kier molecular flexibility index (Phi) is 7.37. The summed E-state index contributed by atoms with van der Waals surface area (Å²) in [6, 6.07) is 4.83. The summed E-state index contributed by atoms with van der Waals surface area (Å²) in [6.07, 6.45) is 5.47. The smallest absolute Gasteiger partial charge is 0.191 e. The molecule has 3 unspecified atom stereocenters. The third-order valence-corrected chi connectivity index (χ3v) is 6.68. The zero-order valence-corrected chi connectivity index (χ0v) is 18.0. The van der Waals surface area contributed by atoms with Gasteiger partial charge in [-0.25, -0.2) is 0 Å². The van der Waals surface area contributed by atoms with Crippen LogP contribution in [0.15, 0.2) is 22.5 Å². The minimum Gasteiger partial charge on any atom is -0.378 e. The van der Waals surface area contributed by atoms with Crippen LogP contribution in [0.2, 0.25) is 0 Å². The van der Waals surface area contributed by atoms with Gasteiger partial charge in [0.15, 0.2) is 5.96 Å². The maximum absolute atomic E-state index is 5.93. The van der Waals surface area contributed by atoms with Gasteiger partial charge in [0.05, 0.1) is 6.10 Å². The Balaban J connectivity index is 0.00000208. The molecule has 0 aromatic carbocycles. The summed E-state index contributed by atoms with van der Waals surface area (Å²) in [7, 11) is 1.86. The van der Waals surface area contributed by atoms with Crippen LogP contribution in [-0.2, 0) is 4.74 Å². The van der Waals surface area contributed by atoms with E-state index in [2.05, 4.69) is 47.0 Å². The van der Waals surface area contributed by atoms with Gasteiger partial charge in [0.25, 0.3) is 0 Å². The van der Waals surface area contributed by atoms with Gasteiger partial charge < -0.3 is 15.4 Å². The summed E-state index contributed by atoms with van der Waals surface area (Å²) in [4.78, 5) is 5.84. The Labute approximate surface area is 166 Å². The number of nitrogens with one attached hydrogen (secondary N) is 2. The van der Waals surface area contributed by atoms with Crippen molar-refractivity contribution in [3.05, 3.63) is 22.4 Å². The molecule has 1 heterocycles. The molecule has 2 saturated carbocycles. The summed E-state index contributed by atoms with van der Waals surface area (Å²) in [6.45, 7) is 6.09. The Morgan fingerprint density at radius 2 is 2.29 bits per heavy atom. The van der Waals surface area contributed by atoms with E-state index in [1.54, 1.807) is 0 Å². The lowest BCUT2D eigenvalue weighted by Crippen LogP contribution is -2.68. The molecule has 6 heteroatoms. The molecule has 0 radical (unpaired) electrons. The summed E-state index contributed by atoms with van der Waals surface area (Å²) in [5.74, 6) is 1.43. The molecule has 1 aromatic heterocycles. The highest BCUT2D eigenvalue weighted by Gasteiger charge is 2.59. The van der Waals surface area contributed by atoms with Crippen LogP contribution in [0.5, 0.6) is 0 Å². The number of aliphatic imine (C=N–C) groups is 1. The molecule has 0 aliphatic heterocycles. The second-order valence-electron chi connectivity index (χ2n) is 6.83. The SMILES string of the molecule is CCOC1CC(NC(=NC)NCC(C)c2cccs2)C12CCC2.I. The molecule has 2 N–H and O–H groups in total. The minimum absolute atomic E-state index is 0. The molecule has 2 aliphatic rings. The molecule has 1 spiro atoms. The van der Waals surface area contributed by atoms with Crippen molar-refractivity contribution in [2.24, 2.45) is 10.4 Å². The Hall–Kier alpha value is -0.340. The lowest BCUT2D eigenvalue weighted by Gasteiger charge is -2.61. The number of hydrogen-bond donors (Lipinski definition) is 2. The molecule has 3 atom stereocenters. The molecule has 136 valence electrons. The second-order valence-corrected chi connectivity index (χ2v) is 7.81. The fourth-order valence-corrected chi connectivity index (χ4v) is 4.71. The van der Waals surface area contributed by atoms with E-state index < -0.39 is 0 Å². The maximum atomic E-state index is 5.93. The molecule has 0 saturated heterocycles. The van der Waals surface area contributed by atoms with Crippen LogP contribution in [0.3, 0.4) is 0 Å². The van der Waals surface area contributed by atoms with Crippen LogP contribution in [0.25, 0.3) is 0 Å². The second kappa shape index (κ2) is 8.85.